The maximum Gasteiger partial charge on any atom is 0.339 e. The minimum atomic E-state index is -0.783. The van der Waals surface area contributed by atoms with E-state index in [9.17, 15) is 9.18 Å². The van der Waals surface area contributed by atoms with Gasteiger partial charge in [0.15, 0.2) is 0 Å². The number of hydrogen-bond donors (Lipinski definition) is 1. The van der Waals surface area contributed by atoms with Gasteiger partial charge in [0.05, 0.1) is 5.56 Å². The fourth-order valence-electron chi connectivity index (χ4n) is 3.72. The van der Waals surface area contributed by atoms with Crippen molar-refractivity contribution in [2.24, 2.45) is 0 Å². The molecule has 23 heavy (non-hydrogen) atoms. The summed E-state index contributed by atoms with van der Waals surface area (Å²) in [5.74, 6) is -0.711. The molecule has 1 saturated heterocycles. The van der Waals surface area contributed by atoms with Gasteiger partial charge in [0, 0.05) is 18.4 Å². The largest absolute Gasteiger partial charge is 0.450 e. The molecule has 2 aromatic rings. The highest BCUT2D eigenvalue weighted by Gasteiger charge is 2.49. The van der Waals surface area contributed by atoms with E-state index in [0.29, 0.717) is 30.4 Å². The molecule has 1 N–H and O–H groups in total. The van der Waals surface area contributed by atoms with E-state index in [-0.39, 0.29) is 11.8 Å². The van der Waals surface area contributed by atoms with Crippen molar-refractivity contribution < 1.29 is 13.9 Å². The van der Waals surface area contributed by atoms with E-state index in [4.69, 9.17) is 4.74 Å². The fraction of sp³-hybridized carbons (Fsp3) is 0.316. The van der Waals surface area contributed by atoms with Crippen molar-refractivity contribution in [1.29, 1.82) is 0 Å². The molecule has 4 rings (SSSR count). The number of esters is 1. The Morgan fingerprint density at radius 2 is 1.83 bits per heavy atom. The summed E-state index contributed by atoms with van der Waals surface area (Å²) in [6.45, 7) is 1.46. The summed E-state index contributed by atoms with van der Waals surface area (Å²) in [7, 11) is 0. The summed E-state index contributed by atoms with van der Waals surface area (Å²) >= 11 is 0. The minimum absolute atomic E-state index is 0.329. The van der Waals surface area contributed by atoms with Gasteiger partial charge in [-0.05, 0) is 36.7 Å². The first-order valence-corrected chi connectivity index (χ1v) is 7.99. The number of piperidine rings is 1. The molecule has 4 heteroatoms. The Bertz CT molecular complexity index is 751. The molecule has 3 nitrogen and oxygen atoms in total. The van der Waals surface area contributed by atoms with Gasteiger partial charge in [-0.25, -0.2) is 9.18 Å². The van der Waals surface area contributed by atoms with Crippen molar-refractivity contribution in [1.82, 2.24) is 5.32 Å². The maximum absolute atomic E-state index is 14.6. The van der Waals surface area contributed by atoms with Crippen molar-refractivity contribution in [3.63, 3.8) is 0 Å². The second-order valence-corrected chi connectivity index (χ2v) is 6.25. The first kappa shape index (κ1) is 14.4. The first-order valence-electron chi connectivity index (χ1n) is 7.99. The Labute approximate surface area is 134 Å². The van der Waals surface area contributed by atoms with Crippen LogP contribution in [0.1, 0.15) is 39.9 Å². The highest BCUT2D eigenvalue weighted by Crippen LogP contribution is 2.45. The summed E-state index contributed by atoms with van der Waals surface area (Å²) in [5.41, 5.74) is 2.07. The van der Waals surface area contributed by atoms with Crippen molar-refractivity contribution in [3.8, 4) is 0 Å². The van der Waals surface area contributed by atoms with E-state index in [1.54, 1.807) is 6.07 Å². The predicted octanol–water partition coefficient (Wildman–Crippen LogP) is 3.17. The molecule has 0 unspecified atom stereocenters. The number of benzene rings is 2. The van der Waals surface area contributed by atoms with Crippen LogP contribution in [0.15, 0.2) is 42.5 Å². The summed E-state index contributed by atoms with van der Waals surface area (Å²) < 4.78 is 20.3. The zero-order chi connectivity index (χ0) is 15.9. The molecule has 0 radical (unpaired) electrons. The standard InChI is InChI=1S/C19H18FNO2/c20-15-7-6-14(12-13-4-2-1-3-5-13)16-17(15)19(23-18(16)22)8-10-21-11-9-19/h1-7,21H,8-12H2. The molecule has 0 amide bonds. The van der Waals surface area contributed by atoms with Crippen LogP contribution in [0.25, 0.3) is 0 Å². The van der Waals surface area contributed by atoms with Crippen molar-refractivity contribution in [2.45, 2.75) is 24.9 Å². The second kappa shape index (κ2) is 5.46. The van der Waals surface area contributed by atoms with E-state index < -0.39 is 5.60 Å². The molecule has 2 aliphatic rings. The third-order valence-electron chi connectivity index (χ3n) is 4.84. The molecule has 1 fully saturated rings. The van der Waals surface area contributed by atoms with Gasteiger partial charge in [0.2, 0.25) is 0 Å². The van der Waals surface area contributed by atoms with Crippen LogP contribution in [-0.4, -0.2) is 19.1 Å². The molecule has 1 spiro atoms. The quantitative estimate of drug-likeness (QED) is 0.866. The number of ether oxygens (including phenoxy) is 1. The highest BCUT2D eigenvalue weighted by atomic mass is 19.1. The van der Waals surface area contributed by atoms with E-state index >= 15 is 0 Å². The summed E-state index contributed by atoms with van der Waals surface area (Å²) in [6.07, 6.45) is 1.85. The van der Waals surface area contributed by atoms with Gasteiger partial charge in [0.25, 0.3) is 0 Å². The molecule has 2 heterocycles. The lowest BCUT2D eigenvalue weighted by molar-refractivity contribution is -0.0255. The van der Waals surface area contributed by atoms with Gasteiger partial charge in [-0.3, -0.25) is 0 Å². The molecule has 118 valence electrons. The second-order valence-electron chi connectivity index (χ2n) is 6.25. The Hall–Kier alpha value is -2.20. The molecule has 0 saturated carbocycles. The number of nitrogens with one attached hydrogen (secondary N) is 1. The van der Waals surface area contributed by atoms with Gasteiger partial charge in [-0.2, -0.15) is 0 Å². The Morgan fingerprint density at radius 3 is 2.57 bits per heavy atom. The van der Waals surface area contributed by atoms with Crippen molar-refractivity contribution >= 4 is 5.97 Å². The molecule has 2 aliphatic heterocycles. The van der Waals surface area contributed by atoms with Crippen LogP contribution < -0.4 is 5.32 Å². The SMILES string of the molecule is O=C1OC2(CCNCC2)c2c(F)ccc(Cc3ccccc3)c21. The van der Waals surface area contributed by atoms with Crippen LogP contribution in [0, 0.1) is 5.82 Å². The van der Waals surface area contributed by atoms with Crippen LogP contribution in [0.4, 0.5) is 4.39 Å². The van der Waals surface area contributed by atoms with Gasteiger partial charge >= 0.3 is 5.97 Å². The van der Waals surface area contributed by atoms with E-state index in [1.807, 2.05) is 30.3 Å². The topological polar surface area (TPSA) is 38.3 Å². The molecule has 0 atom stereocenters. The van der Waals surface area contributed by atoms with Gasteiger partial charge in [-0.15, -0.1) is 0 Å². The third kappa shape index (κ3) is 2.34. The number of carbonyl (C=O) groups is 1. The number of carbonyl (C=O) groups excluding carboxylic acids is 1. The summed E-state index contributed by atoms with van der Waals surface area (Å²) in [4.78, 5) is 12.5. The maximum atomic E-state index is 14.6. The molecular weight excluding hydrogens is 293 g/mol. The zero-order valence-corrected chi connectivity index (χ0v) is 12.8. The summed E-state index contributed by atoms with van der Waals surface area (Å²) in [5, 5.41) is 3.24. The van der Waals surface area contributed by atoms with Crippen LogP contribution in [0.3, 0.4) is 0 Å². The smallest absolute Gasteiger partial charge is 0.339 e. The Morgan fingerprint density at radius 1 is 1.09 bits per heavy atom. The van der Waals surface area contributed by atoms with Gasteiger partial charge in [-0.1, -0.05) is 36.4 Å². The monoisotopic (exact) mass is 311 g/mol. The van der Waals surface area contributed by atoms with Gasteiger partial charge < -0.3 is 10.1 Å². The normalized spacial score (nSPS) is 18.7. The lowest BCUT2D eigenvalue weighted by atomic mass is 9.82. The first-order chi connectivity index (χ1) is 11.2. The third-order valence-corrected chi connectivity index (χ3v) is 4.84. The van der Waals surface area contributed by atoms with Crippen molar-refractivity contribution in [3.05, 3.63) is 70.5 Å². The van der Waals surface area contributed by atoms with Crippen LogP contribution in [-0.2, 0) is 16.8 Å². The van der Waals surface area contributed by atoms with Crippen LogP contribution in [0.2, 0.25) is 0 Å². The average molecular weight is 311 g/mol. The Balaban J connectivity index is 1.81. The average Bonchev–Trinajstić information content (AvgIpc) is 2.85. The van der Waals surface area contributed by atoms with Crippen LogP contribution >= 0.6 is 0 Å². The van der Waals surface area contributed by atoms with E-state index in [2.05, 4.69) is 5.32 Å². The Kier molecular flexibility index (Phi) is 3.42. The fourth-order valence-corrected chi connectivity index (χ4v) is 3.72. The zero-order valence-electron chi connectivity index (χ0n) is 12.8. The molecule has 0 aromatic heterocycles. The van der Waals surface area contributed by atoms with E-state index in [1.165, 1.54) is 6.07 Å². The van der Waals surface area contributed by atoms with E-state index in [0.717, 1.165) is 24.2 Å². The molecule has 2 aromatic carbocycles. The molecular formula is C19H18FNO2. The lowest BCUT2D eigenvalue weighted by Crippen LogP contribution is -2.40. The highest BCUT2D eigenvalue weighted by molar-refractivity contribution is 5.96. The number of fused-ring (bicyclic) bond motifs is 2. The number of hydrogen-bond acceptors (Lipinski definition) is 3. The molecule has 0 bridgehead atoms. The molecule has 0 aliphatic carbocycles. The van der Waals surface area contributed by atoms with Gasteiger partial charge in [0.1, 0.15) is 11.4 Å². The van der Waals surface area contributed by atoms with Crippen molar-refractivity contribution in [2.75, 3.05) is 13.1 Å². The van der Waals surface area contributed by atoms with Crippen LogP contribution in [0.5, 0.6) is 0 Å². The minimum Gasteiger partial charge on any atom is -0.450 e. The number of rotatable bonds is 2. The summed E-state index contributed by atoms with van der Waals surface area (Å²) in [6, 6.07) is 13.1. The number of halogens is 1. The predicted molar refractivity (Wildman–Crippen MR) is 84.8 cm³/mol. The lowest BCUT2D eigenvalue weighted by Gasteiger charge is -2.33.